The fraction of sp³-hybridized carbons (Fsp3) is 0.370. The highest BCUT2D eigenvalue weighted by atomic mass is 16.6. The zero-order valence-electron chi connectivity index (χ0n) is 21.7. The standard InChI is InChI=1S/C27H32N2O9/c1-18(28-24(34)36-15-19-11-7-5-8-12-19)21(30)38-23(33)27(4,17-26(2,3)22(31)32)29-25(35)37-16-20-13-9-6-10-14-20/h5-14,18H,15-17H2,1-4H3,(H,28,34)(H,29,35)(H,31,32)/t18-,27+/m0/s1. The minimum absolute atomic E-state index is 0.0370. The summed E-state index contributed by atoms with van der Waals surface area (Å²) in [6.07, 6.45) is -2.36. The molecule has 0 aliphatic rings. The van der Waals surface area contributed by atoms with E-state index in [4.69, 9.17) is 14.2 Å². The topological polar surface area (TPSA) is 157 Å². The van der Waals surface area contributed by atoms with Crippen LogP contribution in [0, 0.1) is 5.41 Å². The van der Waals surface area contributed by atoms with Crippen molar-refractivity contribution in [1.29, 1.82) is 0 Å². The Labute approximate surface area is 220 Å². The van der Waals surface area contributed by atoms with Gasteiger partial charge in [0, 0.05) is 0 Å². The van der Waals surface area contributed by atoms with Gasteiger partial charge in [-0.25, -0.2) is 19.2 Å². The van der Waals surface area contributed by atoms with Crippen LogP contribution in [0.25, 0.3) is 0 Å². The van der Waals surface area contributed by atoms with E-state index >= 15 is 0 Å². The lowest BCUT2D eigenvalue weighted by atomic mass is 9.79. The highest BCUT2D eigenvalue weighted by Gasteiger charge is 2.46. The first-order chi connectivity index (χ1) is 17.8. The van der Waals surface area contributed by atoms with Crippen molar-refractivity contribution < 1.29 is 43.3 Å². The van der Waals surface area contributed by atoms with Gasteiger partial charge >= 0.3 is 30.1 Å². The monoisotopic (exact) mass is 528 g/mol. The predicted molar refractivity (Wildman–Crippen MR) is 135 cm³/mol. The molecule has 2 rings (SSSR count). The van der Waals surface area contributed by atoms with Gasteiger partial charge in [-0.2, -0.15) is 0 Å². The lowest BCUT2D eigenvalue weighted by molar-refractivity contribution is -0.166. The van der Waals surface area contributed by atoms with Crippen LogP contribution in [0.4, 0.5) is 9.59 Å². The van der Waals surface area contributed by atoms with E-state index in [0.29, 0.717) is 5.56 Å². The van der Waals surface area contributed by atoms with E-state index in [-0.39, 0.29) is 13.2 Å². The molecule has 0 heterocycles. The van der Waals surface area contributed by atoms with Crippen molar-refractivity contribution in [3.63, 3.8) is 0 Å². The molecule has 0 saturated carbocycles. The van der Waals surface area contributed by atoms with Crippen molar-refractivity contribution in [1.82, 2.24) is 10.6 Å². The molecule has 0 unspecified atom stereocenters. The van der Waals surface area contributed by atoms with Crippen LogP contribution in [0.3, 0.4) is 0 Å². The molecule has 2 amide bonds. The molecule has 0 radical (unpaired) electrons. The fourth-order valence-electron chi connectivity index (χ4n) is 3.40. The van der Waals surface area contributed by atoms with Crippen LogP contribution < -0.4 is 10.6 Å². The fourth-order valence-corrected chi connectivity index (χ4v) is 3.40. The molecule has 11 heteroatoms. The van der Waals surface area contributed by atoms with Gasteiger partial charge in [0.05, 0.1) is 5.41 Å². The Bertz CT molecular complexity index is 1140. The lowest BCUT2D eigenvalue weighted by Crippen LogP contribution is -2.57. The van der Waals surface area contributed by atoms with E-state index in [0.717, 1.165) is 5.56 Å². The quantitative estimate of drug-likeness (QED) is 0.225. The second-order valence-corrected chi connectivity index (χ2v) is 9.52. The van der Waals surface area contributed by atoms with Gasteiger partial charge in [0.1, 0.15) is 24.8 Å². The summed E-state index contributed by atoms with van der Waals surface area (Å²) >= 11 is 0. The Morgan fingerprint density at radius 1 is 0.816 bits per heavy atom. The normalized spacial score (nSPS) is 13.3. The van der Waals surface area contributed by atoms with Crippen LogP contribution in [-0.4, -0.2) is 46.8 Å². The summed E-state index contributed by atoms with van der Waals surface area (Å²) in [5.41, 5.74) is -2.03. The maximum Gasteiger partial charge on any atom is 0.408 e. The van der Waals surface area contributed by atoms with E-state index in [1.165, 1.54) is 27.7 Å². The molecular weight excluding hydrogens is 496 g/mol. The summed E-state index contributed by atoms with van der Waals surface area (Å²) in [6, 6.07) is 16.3. The molecule has 38 heavy (non-hydrogen) atoms. The van der Waals surface area contributed by atoms with Crippen molar-refractivity contribution in [2.45, 2.75) is 58.9 Å². The van der Waals surface area contributed by atoms with E-state index in [1.807, 2.05) is 6.07 Å². The van der Waals surface area contributed by atoms with Gasteiger partial charge < -0.3 is 30.0 Å². The average Bonchev–Trinajstić information content (AvgIpc) is 2.87. The Kier molecular flexibility index (Phi) is 10.4. The third-order valence-electron chi connectivity index (χ3n) is 5.51. The number of amides is 2. The van der Waals surface area contributed by atoms with E-state index in [2.05, 4.69) is 10.6 Å². The summed E-state index contributed by atoms with van der Waals surface area (Å²) in [6.45, 7) is 5.07. The van der Waals surface area contributed by atoms with Crippen LogP contribution in [0.5, 0.6) is 0 Å². The molecule has 0 aromatic heterocycles. The second kappa shape index (κ2) is 13.2. The van der Waals surface area contributed by atoms with E-state index < -0.39 is 53.5 Å². The van der Waals surface area contributed by atoms with Gasteiger partial charge in [-0.3, -0.25) is 4.79 Å². The molecule has 3 N–H and O–H groups in total. The number of carboxylic acids is 1. The molecule has 0 fully saturated rings. The number of alkyl carbamates (subject to hydrolysis) is 2. The average molecular weight is 529 g/mol. The highest BCUT2D eigenvalue weighted by molar-refractivity contribution is 5.96. The summed E-state index contributed by atoms with van der Waals surface area (Å²) in [4.78, 5) is 61.8. The number of benzene rings is 2. The van der Waals surface area contributed by atoms with Gasteiger partial charge in [-0.15, -0.1) is 0 Å². The number of ether oxygens (including phenoxy) is 3. The summed E-state index contributed by atoms with van der Waals surface area (Å²) in [5.74, 6) is -3.59. The molecule has 0 saturated heterocycles. The molecule has 2 aromatic rings. The largest absolute Gasteiger partial charge is 0.481 e. The summed E-state index contributed by atoms with van der Waals surface area (Å²) in [7, 11) is 0. The van der Waals surface area contributed by atoms with Crippen LogP contribution >= 0.6 is 0 Å². The van der Waals surface area contributed by atoms with Crippen LogP contribution in [-0.2, 0) is 41.8 Å². The van der Waals surface area contributed by atoms with E-state index in [1.54, 1.807) is 54.6 Å². The molecule has 11 nitrogen and oxygen atoms in total. The molecular formula is C27H32N2O9. The molecule has 0 aliphatic heterocycles. The smallest absolute Gasteiger partial charge is 0.408 e. The molecule has 0 spiro atoms. The Hall–Kier alpha value is -4.41. The van der Waals surface area contributed by atoms with Gasteiger partial charge in [0.15, 0.2) is 0 Å². The molecule has 204 valence electrons. The SMILES string of the molecule is C[C@H](NC(=O)OCc1ccccc1)C(=O)OC(=O)[C@@](C)(CC(C)(C)C(=O)O)NC(=O)OCc1ccccc1. The molecule has 2 atom stereocenters. The second-order valence-electron chi connectivity index (χ2n) is 9.52. The van der Waals surface area contributed by atoms with Crippen molar-refractivity contribution in [3.05, 3.63) is 71.8 Å². The van der Waals surface area contributed by atoms with Crippen molar-refractivity contribution in [2.24, 2.45) is 5.41 Å². The first-order valence-electron chi connectivity index (χ1n) is 11.8. The zero-order chi connectivity index (χ0) is 28.3. The number of esters is 2. The zero-order valence-corrected chi connectivity index (χ0v) is 21.7. The third-order valence-corrected chi connectivity index (χ3v) is 5.51. The Balaban J connectivity index is 2.03. The maximum absolute atomic E-state index is 13.0. The molecule has 0 aliphatic carbocycles. The van der Waals surface area contributed by atoms with Gasteiger partial charge in [-0.1, -0.05) is 60.7 Å². The minimum Gasteiger partial charge on any atom is -0.481 e. The number of carbonyl (C=O) groups is 5. The first kappa shape index (κ1) is 29.8. The van der Waals surface area contributed by atoms with E-state index in [9.17, 15) is 29.1 Å². The highest BCUT2D eigenvalue weighted by Crippen LogP contribution is 2.29. The number of nitrogens with one attached hydrogen (secondary N) is 2. The number of aliphatic carboxylic acids is 1. The van der Waals surface area contributed by atoms with Crippen LogP contribution in [0.2, 0.25) is 0 Å². The van der Waals surface area contributed by atoms with Gasteiger partial charge in [0.2, 0.25) is 0 Å². The Morgan fingerprint density at radius 2 is 1.29 bits per heavy atom. The van der Waals surface area contributed by atoms with Crippen LogP contribution in [0.15, 0.2) is 60.7 Å². The van der Waals surface area contributed by atoms with Crippen LogP contribution in [0.1, 0.15) is 45.2 Å². The number of carboxylic acid groups (broad SMARTS) is 1. The summed E-state index contributed by atoms with van der Waals surface area (Å²) in [5, 5.41) is 14.1. The number of rotatable bonds is 11. The number of carbonyl (C=O) groups excluding carboxylic acids is 4. The molecule has 2 aromatic carbocycles. The minimum atomic E-state index is -1.96. The van der Waals surface area contributed by atoms with Crippen molar-refractivity contribution in [2.75, 3.05) is 0 Å². The summed E-state index contributed by atoms with van der Waals surface area (Å²) < 4.78 is 15.1. The number of hydrogen-bond acceptors (Lipinski definition) is 8. The lowest BCUT2D eigenvalue weighted by Gasteiger charge is -2.33. The number of hydrogen-bond donors (Lipinski definition) is 3. The van der Waals surface area contributed by atoms with Gasteiger partial charge in [0.25, 0.3) is 0 Å². The van der Waals surface area contributed by atoms with Gasteiger partial charge in [-0.05, 0) is 45.2 Å². The first-order valence-corrected chi connectivity index (χ1v) is 11.8. The maximum atomic E-state index is 13.0. The molecule has 0 bridgehead atoms. The predicted octanol–water partition coefficient (Wildman–Crippen LogP) is 3.56. The third kappa shape index (κ3) is 9.23. The van der Waals surface area contributed by atoms with Crippen molar-refractivity contribution >= 4 is 30.1 Å². The Morgan fingerprint density at radius 3 is 1.76 bits per heavy atom. The van der Waals surface area contributed by atoms with Crippen molar-refractivity contribution in [3.8, 4) is 0 Å².